The lowest BCUT2D eigenvalue weighted by molar-refractivity contribution is -0.0885. The molecule has 1 aliphatic carbocycles. The molecule has 2 atom stereocenters. The fraction of sp³-hybridized carbons (Fsp3) is 1.00. The van der Waals surface area contributed by atoms with Crippen molar-refractivity contribution in [3.05, 3.63) is 0 Å². The largest absolute Gasteiger partial charge is 0.389 e. The summed E-state index contributed by atoms with van der Waals surface area (Å²) >= 11 is 0. The molecule has 1 heteroatoms. The van der Waals surface area contributed by atoms with Gasteiger partial charge in [0.25, 0.3) is 0 Å². The zero-order valence-corrected chi connectivity index (χ0v) is 8.85. The minimum atomic E-state index is -0.401. The molecule has 12 heavy (non-hydrogen) atoms. The Labute approximate surface area is 76.2 Å². The maximum Gasteiger partial charge on any atom is 0.0723 e. The molecule has 0 aromatic rings. The third kappa shape index (κ3) is 1.39. The Morgan fingerprint density at radius 3 is 2.33 bits per heavy atom. The number of aliphatic hydroxyl groups is 1. The minimum absolute atomic E-state index is 0.0458. The van der Waals surface area contributed by atoms with Gasteiger partial charge in [-0.25, -0.2) is 0 Å². The highest BCUT2D eigenvalue weighted by atomic mass is 16.3. The van der Waals surface area contributed by atoms with Crippen molar-refractivity contribution >= 4 is 0 Å². The van der Waals surface area contributed by atoms with E-state index in [0.717, 1.165) is 12.8 Å². The first-order chi connectivity index (χ1) is 5.42. The van der Waals surface area contributed by atoms with Crippen LogP contribution in [0.3, 0.4) is 0 Å². The molecule has 0 aliphatic heterocycles. The number of hydrogen-bond acceptors (Lipinski definition) is 1. The van der Waals surface area contributed by atoms with Gasteiger partial charge >= 0.3 is 0 Å². The van der Waals surface area contributed by atoms with Crippen LogP contribution < -0.4 is 0 Å². The Balaban J connectivity index is 2.82. The molecule has 1 aliphatic rings. The van der Waals surface area contributed by atoms with E-state index in [9.17, 15) is 5.11 Å². The lowest BCUT2D eigenvalue weighted by Crippen LogP contribution is -2.45. The van der Waals surface area contributed by atoms with E-state index >= 15 is 0 Å². The van der Waals surface area contributed by atoms with Gasteiger partial charge in [0.2, 0.25) is 0 Å². The summed E-state index contributed by atoms with van der Waals surface area (Å²) in [6.07, 6.45) is 4.53. The van der Waals surface area contributed by atoms with Gasteiger partial charge in [-0.05, 0) is 24.2 Å². The maximum absolute atomic E-state index is 10.5. The van der Waals surface area contributed by atoms with E-state index in [-0.39, 0.29) is 5.41 Å². The molecule has 0 bridgehead atoms. The highest BCUT2D eigenvalue weighted by molar-refractivity contribution is 4.99. The monoisotopic (exact) mass is 170 g/mol. The molecule has 0 spiro atoms. The molecule has 1 rings (SSSR count). The van der Waals surface area contributed by atoms with Gasteiger partial charge in [0.05, 0.1) is 5.60 Å². The lowest BCUT2D eigenvalue weighted by atomic mass is 9.70. The molecule has 0 aromatic heterocycles. The highest BCUT2D eigenvalue weighted by Crippen LogP contribution is 2.48. The normalized spacial score (nSPS) is 37.2. The minimum Gasteiger partial charge on any atom is -0.389 e. The van der Waals surface area contributed by atoms with Gasteiger partial charge in [-0.15, -0.1) is 0 Å². The van der Waals surface area contributed by atoms with Crippen molar-refractivity contribution in [2.24, 2.45) is 11.3 Å². The lowest BCUT2D eigenvalue weighted by Gasteiger charge is -2.41. The van der Waals surface area contributed by atoms with Crippen molar-refractivity contribution in [3.8, 4) is 0 Å². The average Bonchev–Trinajstić information content (AvgIpc) is 2.30. The second kappa shape index (κ2) is 3.02. The molecular formula is C11H22O. The predicted molar refractivity (Wildman–Crippen MR) is 52.0 cm³/mol. The van der Waals surface area contributed by atoms with E-state index in [4.69, 9.17) is 0 Å². The third-order valence-electron chi connectivity index (χ3n) is 3.58. The van der Waals surface area contributed by atoms with Crippen LogP contribution in [0.2, 0.25) is 0 Å². The summed E-state index contributed by atoms with van der Waals surface area (Å²) in [7, 11) is 0. The van der Waals surface area contributed by atoms with Crippen LogP contribution >= 0.6 is 0 Å². The maximum atomic E-state index is 10.5. The van der Waals surface area contributed by atoms with Gasteiger partial charge in [0.1, 0.15) is 0 Å². The number of hydrogen-bond donors (Lipinski definition) is 1. The molecule has 1 nitrogen and oxygen atoms in total. The van der Waals surface area contributed by atoms with Crippen LogP contribution in [0.15, 0.2) is 0 Å². The molecule has 2 unspecified atom stereocenters. The van der Waals surface area contributed by atoms with Gasteiger partial charge in [-0.2, -0.15) is 0 Å². The molecule has 1 N–H and O–H groups in total. The van der Waals surface area contributed by atoms with Gasteiger partial charge in [-0.3, -0.25) is 0 Å². The van der Waals surface area contributed by atoms with Gasteiger partial charge in [-0.1, -0.05) is 40.5 Å². The summed E-state index contributed by atoms with van der Waals surface area (Å²) in [6.45, 7) is 8.65. The zero-order valence-electron chi connectivity index (χ0n) is 8.85. The first-order valence-corrected chi connectivity index (χ1v) is 5.14. The summed E-state index contributed by atoms with van der Waals surface area (Å²) in [5.74, 6) is 0.525. The van der Waals surface area contributed by atoms with E-state index in [0.29, 0.717) is 5.92 Å². The SMILES string of the molecule is CCC1CCCC1(O)C(C)(C)C. The smallest absolute Gasteiger partial charge is 0.0723 e. The zero-order chi connectivity index (χ0) is 9.41. The van der Waals surface area contributed by atoms with Crippen molar-refractivity contribution in [1.29, 1.82) is 0 Å². The van der Waals surface area contributed by atoms with Crippen LogP contribution in [0.4, 0.5) is 0 Å². The van der Waals surface area contributed by atoms with Gasteiger partial charge in [0, 0.05) is 0 Å². The van der Waals surface area contributed by atoms with Crippen molar-refractivity contribution in [1.82, 2.24) is 0 Å². The summed E-state index contributed by atoms with van der Waals surface area (Å²) in [6, 6.07) is 0. The molecule has 0 aromatic carbocycles. The Morgan fingerprint density at radius 2 is 2.00 bits per heavy atom. The first-order valence-electron chi connectivity index (χ1n) is 5.14. The van der Waals surface area contributed by atoms with E-state index in [1.807, 2.05) is 0 Å². The molecule has 0 radical (unpaired) electrons. The predicted octanol–water partition coefficient (Wildman–Crippen LogP) is 2.97. The van der Waals surface area contributed by atoms with Gasteiger partial charge < -0.3 is 5.11 Å². The summed E-state index contributed by atoms with van der Waals surface area (Å²) in [5, 5.41) is 10.5. The van der Waals surface area contributed by atoms with Crippen LogP contribution in [-0.2, 0) is 0 Å². The van der Waals surface area contributed by atoms with Crippen molar-refractivity contribution < 1.29 is 5.11 Å². The average molecular weight is 170 g/mol. The number of rotatable bonds is 1. The van der Waals surface area contributed by atoms with Crippen LogP contribution in [0, 0.1) is 11.3 Å². The molecule has 0 saturated heterocycles. The van der Waals surface area contributed by atoms with Crippen LogP contribution in [0.1, 0.15) is 53.4 Å². The van der Waals surface area contributed by atoms with Crippen LogP contribution in [0.25, 0.3) is 0 Å². The topological polar surface area (TPSA) is 20.2 Å². The van der Waals surface area contributed by atoms with Crippen LogP contribution in [-0.4, -0.2) is 10.7 Å². The fourth-order valence-corrected chi connectivity index (χ4v) is 2.59. The van der Waals surface area contributed by atoms with E-state index in [1.165, 1.54) is 12.8 Å². The Morgan fingerprint density at radius 1 is 1.42 bits per heavy atom. The van der Waals surface area contributed by atoms with E-state index in [1.54, 1.807) is 0 Å². The third-order valence-corrected chi connectivity index (χ3v) is 3.58. The summed E-state index contributed by atoms with van der Waals surface area (Å²) in [4.78, 5) is 0. The fourth-order valence-electron chi connectivity index (χ4n) is 2.59. The molecule has 72 valence electrons. The standard InChI is InChI=1S/C11H22O/c1-5-9-7-6-8-11(9,12)10(2,3)4/h9,12H,5-8H2,1-4H3. The van der Waals surface area contributed by atoms with Crippen molar-refractivity contribution in [2.75, 3.05) is 0 Å². The quantitative estimate of drug-likeness (QED) is 0.641. The first kappa shape index (κ1) is 10.0. The molecule has 0 heterocycles. The van der Waals surface area contributed by atoms with Crippen molar-refractivity contribution in [3.63, 3.8) is 0 Å². The Hall–Kier alpha value is -0.0400. The van der Waals surface area contributed by atoms with Crippen LogP contribution in [0.5, 0.6) is 0 Å². The Kier molecular flexibility index (Phi) is 2.53. The summed E-state index contributed by atoms with van der Waals surface area (Å²) < 4.78 is 0. The molecule has 0 amide bonds. The highest BCUT2D eigenvalue weighted by Gasteiger charge is 2.48. The molecule has 1 saturated carbocycles. The van der Waals surface area contributed by atoms with Crippen molar-refractivity contribution in [2.45, 2.75) is 59.0 Å². The molecular weight excluding hydrogens is 148 g/mol. The van der Waals surface area contributed by atoms with Gasteiger partial charge in [0.15, 0.2) is 0 Å². The molecule has 1 fully saturated rings. The Bertz CT molecular complexity index is 157. The summed E-state index contributed by atoms with van der Waals surface area (Å²) in [5.41, 5.74) is -0.355. The van der Waals surface area contributed by atoms with E-state index < -0.39 is 5.60 Å². The van der Waals surface area contributed by atoms with E-state index in [2.05, 4.69) is 27.7 Å². The second-order valence-electron chi connectivity index (χ2n) is 5.17. The second-order valence-corrected chi connectivity index (χ2v) is 5.17.